The fourth-order valence-corrected chi connectivity index (χ4v) is 2.49. The first-order chi connectivity index (χ1) is 9.03. The van der Waals surface area contributed by atoms with Gasteiger partial charge in [0.2, 0.25) is 0 Å². The molecule has 1 heterocycles. The number of ether oxygens (including phenoxy) is 1. The van der Waals surface area contributed by atoms with Gasteiger partial charge in [0.25, 0.3) is 0 Å². The van der Waals surface area contributed by atoms with Crippen molar-refractivity contribution in [3.05, 3.63) is 29.6 Å². The van der Waals surface area contributed by atoms with Gasteiger partial charge >= 0.3 is 0 Å². The Bertz CT molecular complexity index is 431. The van der Waals surface area contributed by atoms with Crippen LogP contribution in [0.1, 0.15) is 12.5 Å². The first-order valence-corrected chi connectivity index (χ1v) is 6.52. The van der Waals surface area contributed by atoms with Crippen molar-refractivity contribution in [1.82, 2.24) is 10.2 Å². The second-order valence-electron chi connectivity index (χ2n) is 5.14. The van der Waals surface area contributed by atoms with Crippen LogP contribution in [-0.4, -0.2) is 49.8 Å². The van der Waals surface area contributed by atoms with Gasteiger partial charge in [0.1, 0.15) is 17.2 Å². The smallest absolute Gasteiger partial charge is 0.125 e. The van der Waals surface area contributed by atoms with Gasteiger partial charge < -0.3 is 15.2 Å². The predicted octanol–water partition coefficient (Wildman–Crippen LogP) is 0.947. The van der Waals surface area contributed by atoms with Crippen molar-refractivity contribution in [2.45, 2.75) is 12.5 Å². The van der Waals surface area contributed by atoms with Crippen molar-refractivity contribution < 1.29 is 14.2 Å². The van der Waals surface area contributed by atoms with E-state index in [-0.39, 0.29) is 5.82 Å². The fourth-order valence-electron chi connectivity index (χ4n) is 2.49. The van der Waals surface area contributed by atoms with Crippen LogP contribution in [0.5, 0.6) is 5.75 Å². The quantitative estimate of drug-likeness (QED) is 0.853. The van der Waals surface area contributed by atoms with Crippen molar-refractivity contribution in [1.29, 1.82) is 0 Å². The molecule has 1 aliphatic rings. The molecule has 1 fully saturated rings. The first-order valence-electron chi connectivity index (χ1n) is 6.52. The lowest BCUT2D eigenvalue weighted by Gasteiger charge is -2.35. The topological polar surface area (TPSA) is 44.7 Å². The average molecular weight is 268 g/mol. The molecule has 0 aromatic heterocycles. The Morgan fingerprint density at radius 1 is 1.42 bits per heavy atom. The minimum atomic E-state index is -1.13. The molecule has 1 atom stereocenters. The summed E-state index contributed by atoms with van der Waals surface area (Å²) in [6, 6.07) is 4.24. The van der Waals surface area contributed by atoms with Gasteiger partial charge in [-0.1, -0.05) is 0 Å². The number of β-amino-alcohol motifs (C(OH)–C–C–N with tert-alkyl or cyclic N) is 1. The molecular formula is C14H21FN2O2. The van der Waals surface area contributed by atoms with E-state index in [1.165, 1.54) is 19.2 Å². The summed E-state index contributed by atoms with van der Waals surface area (Å²) in [5, 5.41) is 13.9. The number of nitrogens with zero attached hydrogens (tertiary/aromatic N) is 1. The molecule has 4 nitrogen and oxygen atoms in total. The van der Waals surface area contributed by atoms with Crippen molar-refractivity contribution in [3.8, 4) is 5.75 Å². The fraction of sp³-hybridized carbons (Fsp3) is 0.571. The minimum Gasteiger partial charge on any atom is -0.496 e. The molecule has 106 valence electrons. The Kier molecular flexibility index (Phi) is 4.39. The highest BCUT2D eigenvalue weighted by molar-refractivity contribution is 5.38. The largest absolute Gasteiger partial charge is 0.496 e. The summed E-state index contributed by atoms with van der Waals surface area (Å²) >= 11 is 0. The normalized spacial score (nSPS) is 20.0. The molecule has 1 aromatic carbocycles. The average Bonchev–Trinajstić information content (AvgIpc) is 2.39. The maximum Gasteiger partial charge on any atom is 0.125 e. The zero-order chi connectivity index (χ0) is 13.9. The third-order valence-electron chi connectivity index (χ3n) is 3.48. The first kappa shape index (κ1) is 14.2. The number of nitrogens with one attached hydrogen (secondary N) is 1. The summed E-state index contributed by atoms with van der Waals surface area (Å²) in [7, 11) is 1.53. The third-order valence-corrected chi connectivity index (χ3v) is 3.48. The molecule has 2 rings (SSSR count). The lowest BCUT2D eigenvalue weighted by Crippen LogP contribution is -2.48. The lowest BCUT2D eigenvalue weighted by molar-refractivity contribution is 0.0105. The Morgan fingerprint density at radius 2 is 2.11 bits per heavy atom. The zero-order valence-corrected chi connectivity index (χ0v) is 11.4. The molecule has 0 amide bonds. The van der Waals surface area contributed by atoms with E-state index in [0.29, 0.717) is 17.9 Å². The maximum atomic E-state index is 13.4. The van der Waals surface area contributed by atoms with E-state index in [9.17, 15) is 9.50 Å². The van der Waals surface area contributed by atoms with E-state index in [2.05, 4.69) is 10.2 Å². The minimum absolute atomic E-state index is 0.364. The van der Waals surface area contributed by atoms with Crippen LogP contribution in [0, 0.1) is 5.82 Å². The Hall–Kier alpha value is -1.17. The highest BCUT2D eigenvalue weighted by Gasteiger charge is 2.30. The standard InChI is InChI=1S/C14H21FN2O2/c1-14(18,10-17-7-5-16-6-8-17)12-9-11(15)3-4-13(12)19-2/h3-4,9,16,18H,5-8,10H2,1-2H3. The van der Waals surface area contributed by atoms with Crippen LogP contribution in [0.3, 0.4) is 0 Å². The summed E-state index contributed by atoms with van der Waals surface area (Å²) in [5.41, 5.74) is -0.640. The van der Waals surface area contributed by atoms with Gasteiger partial charge in [-0.15, -0.1) is 0 Å². The molecule has 1 unspecified atom stereocenters. The van der Waals surface area contributed by atoms with Gasteiger partial charge in [-0.3, -0.25) is 4.90 Å². The molecule has 0 radical (unpaired) electrons. The number of hydrogen-bond donors (Lipinski definition) is 2. The van der Waals surface area contributed by atoms with E-state index >= 15 is 0 Å². The Labute approximate surface area is 113 Å². The molecule has 0 spiro atoms. The number of aliphatic hydroxyl groups is 1. The van der Waals surface area contributed by atoms with Crippen LogP contribution in [-0.2, 0) is 5.60 Å². The lowest BCUT2D eigenvalue weighted by atomic mass is 9.94. The SMILES string of the molecule is COc1ccc(F)cc1C(C)(O)CN1CCNCC1. The van der Waals surface area contributed by atoms with Crippen LogP contribution in [0.4, 0.5) is 4.39 Å². The number of methoxy groups -OCH3 is 1. The number of halogens is 1. The molecule has 0 aliphatic carbocycles. The monoisotopic (exact) mass is 268 g/mol. The summed E-state index contributed by atoms with van der Waals surface area (Å²) in [5.74, 6) is 0.151. The van der Waals surface area contributed by atoms with Gasteiger partial charge in [-0.05, 0) is 25.1 Å². The second kappa shape index (κ2) is 5.86. The van der Waals surface area contributed by atoms with Crippen LogP contribution >= 0.6 is 0 Å². The predicted molar refractivity (Wildman–Crippen MR) is 71.8 cm³/mol. The van der Waals surface area contributed by atoms with Gasteiger partial charge in [-0.2, -0.15) is 0 Å². The molecule has 2 N–H and O–H groups in total. The second-order valence-corrected chi connectivity index (χ2v) is 5.14. The molecule has 5 heteroatoms. The summed E-state index contributed by atoms with van der Waals surface area (Å²) < 4.78 is 18.6. The van der Waals surface area contributed by atoms with Gasteiger partial charge in [-0.25, -0.2) is 4.39 Å². The van der Waals surface area contributed by atoms with Gasteiger partial charge in [0, 0.05) is 38.3 Å². The van der Waals surface area contributed by atoms with Crippen LogP contribution in [0.15, 0.2) is 18.2 Å². The van der Waals surface area contributed by atoms with Gasteiger partial charge in [0.05, 0.1) is 7.11 Å². The van der Waals surface area contributed by atoms with E-state index in [0.717, 1.165) is 26.2 Å². The van der Waals surface area contributed by atoms with E-state index < -0.39 is 5.60 Å². The van der Waals surface area contributed by atoms with Crippen LogP contribution in [0.2, 0.25) is 0 Å². The molecule has 1 saturated heterocycles. The molecule has 0 bridgehead atoms. The van der Waals surface area contributed by atoms with E-state index in [1.807, 2.05) is 0 Å². The maximum absolute atomic E-state index is 13.4. The molecule has 19 heavy (non-hydrogen) atoms. The molecular weight excluding hydrogens is 247 g/mol. The summed E-state index contributed by atoms with van der Waals surface area (Å²) in [6.45, 7) is 5.76. The van der Waals surface area contributed by atoms with Crippen molar-refractivity contribution in [2.75, 3.05) is 39.8 Å². The van der Waals surface area contributed by atoms with E-state index in [1.54, 1.807) is 13.0 Å². The van der Waals surface area contributed by atoms with E-state index in [4.69, 9.17) is 4.74 Å². The van der Waals surface area contributed by atoms with Crippen molar-refractivity contribution >= 4 is 0 Å². The number of hydrogen-bond acceptors (Lipinski definition) is 4. The number of benzene rings is 1. The van der Waals surface area contributed by atoms with Crippen LogP contribution < -0.4 is 10.1 Å². The van der Waals surface area contributed by atoms with Gasteiger partial charge in [0.15, 0.2) is 0 Å². The summed E-state index contributed by atoms with van der Waals surface area (Å²) in [4.78, 5) is 2.17. The Morgan fingerprint density at radius 3 is 2.74 bits per heavy atom. The molecule has 1 aromatic rings. The Balaban J connectivity index is 2.19. The molecule has 1 aliphatic heterocycles. The van der Waals surface area contributed by atoms with Crippen LogP contribution in [0.25, 0.3) is 0 Å². The van der Waals surface area contributed by atoms with Crippen molar-refractivity contribution in [2.24, 2.45) is 0 Å². The number of piperazine rings is 1. The van der Waals surface area contributed by atoms with Crippen molar-refractivity contribution in [3.63, 3.8) is 0 Å². The highest BCUT2D eigenvalue weighted by atomic mass is 19.1. The third kappa shape index (κ3) is 3.43. The molecule has 0 saturated carbocycles. The zero-order valence-electron chi connectivity index (χ0n) is 11.4. The number of rotatable bonds is 4. The summed E-state index contributed by atoms with van der Waals surface area (Å²) in [6.07, 6.45) is 0. The highest BCUT2D eigenvalue weighted by Crippen LogP contribution is 2.31.